The Morgan fingerprint density at radius 3 is 2.64 bits per heavy atom. The van der Waals surface area contributed by atoms with Crippen molar-refractivity contribution in [1.82, 2.24) is 9.97 Å². The lowest BCUT2D eigenvalue weighted by atomic mass is 9.97. The molecule has 0 fully saturated rings. The van der Waals surface area contributed by atoms with Crippen molar-refractivity contribution < 1.29 is 5.11 Å². The van der Waals surface area contributed by atoms with E-state index in [1.807, 2.05) is 12.1 Å². The molecule has 4 rings (SSSR count). The highest BCUT2D eigenvalue weighted by molar-refractivity contribution is 7.19. The Kier molecular flexibility index (Phi) is 4.18. The number of nitrogens with zero attached hydrogens (tertiary/aromatic N) is 2. The van der Waals surface area contributed by atoms with Gasteiger partial charge in [-0.1, -0.05) is 0 Å². The average molecular weight is 334 g/mol. The molecule has 2 N–H and O–H groups in total. The van der Waals surface area contributed by atoms with E-state index in [2.05, 4.69) is 15.3 Å². The van der Waals surface area contributed by atoms with Crippen LogP contribution in [0.5, 0.6) is 5.75 Å². The highest BCUT2D eigenvalue weighted by Gasteiger charge is 2.19. The van der Waals surface area contributed by atoms with E-state index in [-0.39, 0.29) is 18.2 Å². The highest BCUT2D eigenvalue weighted by Crippen LogP contribution is 2.38. The number of phenols is 1. The standard InChI is InChI=1S/C16H15N3OS.ClH/c20-11-7-5-10(6-8-11)19-15-14-12-3-1-2-4-13(12)21-16(14)18-9-17-15;/h5-9,20H,1-4H2,(H,17,18,19);1H. The fourth-order valence-electron chi connectivity index (χ4n) is 2.87. The van der Waals surface area contributed by atoms with Gasteiger partial charge in [-0.2, -0.15) is 0 Å². The van der Waals surface area contributed by atoms with E-state index < -0.39 is 0 Å². The second kappa shape index (κ2) is 6.10. The van der Waals surface area contributed by atoms with E-state index in [0.717, 1.165) is 29.2 Å². The first-order chi connectivity index (χ1) is 10.3. The van der Waals surface area contributed by atoms with Gasteiger partial charge in [-0.05, 0) is 55.5 Å². The van der Waals surface area contributed by atoms with E-state index in [0.29, 0.717) is 0 Å². The van der Waals surface area contributed by atoms with Crippen LogP contribution in [0.1, 0.15) is 23.3 Å². The topological polar surface area (TPSA) is 58.0 Å². The third kappa shape index (κ3) is 2.62. The lowest BCUT2D eigenvalue weighted by Crippen LogP contribution is -2.00. The van der Waals surface area contributed by atoms with Crippen molar-refractivity contribution in [3.63, 3.8) is 0 Å². The summed E-state index contributed by atoms with van der Waals surface area (Å²) in [5.41, 5.74) is 2.34. The van der Waals surface area contributed by atoms with Gasteiger partial charge in [-0.3, -0.25) is 0 Å². The van der Waals surface area contributed by atoms with Crippen LogP contribution in [0.15, 0.2) is 30.6 Å². The van der Waals surface area contributed by atoms with Crippen molar-refractivity contribution in [3.05, 3.63) is 41.0 Å². The molecule has 0 bridgehead atoms. The van der Waals surface area contributed by atoms with Crippen molar-refractivity contribution in [2.75, 3.05) is 5.32 Å². The maximum absolute atomic E-state index is 9.37. The Hall–Kier alpha value is -1.85. The summed E-state index contributed by atoms with van der Waals surface area (Å²) in [6.07, 6.45) is 6.41. The zero-order valence-electron chi connectivity index (χ0n) is 11.9. The van der Waals surface area contributed by atoms with Gasteiger partial charge in [0.2, 0.25) is 0 Å². The second-order valence-electron chi connectivity index (χ2n) is 5.29. The summed E-state index contributed by atoms with van der Waals surface area (Å²) < 4.78 is 0. The lowest BCUT2D eigenvalue weighted by molar-refractivity contribution is 0.475. The van der Waals surface area contributed by atoms with Gasteiger partial charge in [0, 0.05) is 10.6 Å². The van der Waals surface area contributed by atoms with Gasteiger partial charge in [0.15, 0.2) is 0 Å². The van der Waals surface area contributed by atoms with Gasteiger partial charge in [0.05, 0.1) is 5.39 Å². The maximum atomic E-state index is 9.37. The summed E-state index contributed by atoms with van der Waals surface area (Å²) in [7, 11) is 0. The summed E-state index contributed by atoms with van der Waals surface area (Å²) in [5.74, 6) is 1.13. The van der Waals surface area contributed by atoms with E-state index in [9.17, 15) is 5.11 Å². The number of aryl methyl sites for hydroxylation is 2. The first kappa shape index (κ1) is 15.1. The molecule has 0 amide bonds. The minimum atomic E-state index is 0. The number of anilines is 2. The summed E-state index contributed by atoms with van der Waals surface area (Å²) in [4.78, 5) is 11.4. The Morgan fingerprint density at radius 2 is 1.82 bits per heavy atom. The highest BCUT2D eigenvalue weighted by atomic mass is 35.5. The van der Waals surface area contributed by atoms with E-state index in [1.165, 1.54) is 28.7 Å². The van der Waals surface area contributed by atoms with Crippen LogP contribution in [0, 0.1) is 0 Å². The molecule has 0 unspecified atom stereocenters. The minimum Gasteiger partial charge on any atom is -0.508 e. The van der Waals surface area contributed by atoms with Crippen LogP contribution >= 0.6 is 23.7 Å². The van der Waals surface area contributed by atoms with Crippen LogP contribution < -0.4 is 5.32 Å². The third-order valence-electron chi connectivity index (χ3n) is 3.88. The number of phenolic OH excluding ortho intramolecular Hbond substituents is 1. The van der Waals surface area contributed by atoms with Gasteiger partial charge >= 0.3 is 0 Å². The number of hydrogen-bond acceptors (Lipinski definition) is 5. The summed E-state index contributed by atoms with van der Waals surface area (Å²) in [6.45, 7) is 0. The Morgan fingerprint density at radius 1 is 1.05 bits per heavy atom. The van der Waals surface area contributed by atoms with Crippen LogP contribution in [0.2, 0.25) is 0 Å². The van der Waals surface area contributed by atoms with Crippen molar-refractivity contribution >= 4 is 45.5 Å². The second-order valence-corrected chi connectivity index (χ2v) is 6.37. The number of rotatable bonds is 2. The number of halogens is 1. The number of nitrogens with one attached hydrogen (secondary N) is 1. The Labute approximate surface area is 138 Å². The van der Waals surface area contributed by atoms with Crippen molar-refractivity contribution in [3.8, 4) is 5.75 Å². The number of benzene rings is 1. The predicted molar refractivity (Wildman–Crippen MR) is 92.7 cm³/mol. The molecule has 114 valence electrons. The first-order valence-corrected chi connectivity index (χ1v) is 7.94. The molecule has 0 aliphatic heterocycles. The summed E-state index contributed by atoms with van der Waals surface area (Å²) in [6, 6.07) is 7.04. The van der Waals surface area contributed by atoms with Crippen LogP contribution in [-0.4, -0.2) is 15.1 Å². The molecule has 0 saturated carbocycles. The monoisotopic (exact) mass is 333 g/mol. The van der Waals surface area contributed by atoms with Gasteiger partial charge in [0.1, 0.15) is 22.7 Å². The molecule has 1 aliphatic carbocycles. The molecule has 1 aromatic carbocycles. The zero-order chi connectivity index (χ0) is 14.2. The molecule has 6 heteroatoms. The van der Waals surface area contributed by atoms with Gasteiger partial charge in [0.25, 0.3) is 0 Å². The third-order valence-corrected chi connectivity index (χ3v) is 5.08. The zero-order valence-corrected chi connectivity index (χ0v) is 13.5. The molecule has 3 aromatic rings. The molecular weight excluding hydrogens is 318 g/mol. The SMILES string of the molecule is Cl.Oc1ccc(Nc2ncnc3sc4c(c23)CCCC4)cc1. The number of aromatic nitrogens is 2. The van der Waals surface area contributed by atoms with Crippen molar-refractivity contribution in [2.24, 2.45) is 0 Å². The van der Waals surface area contributed by atoms with E-state index in [1.54, 1.807) is 29.8 Å². The van der Waals surface area contributed by atoms with E-state index in [4.69, 9.17) is 0 Å². The largest absolute Gasteiger partial charge is 0.508 e. The molecule has 2 heterocycles. The number of fused-ring (bicyclic) bond motifs is 3. The Bertz CT molecular complexity index is 801. The van der Waals surface area contributed by atoms with Crippen LogP contribution in [-0.2, 0) is 12.8 Å². The lowest BCUT2D eigenvalue weighted by Gasteiger charge is -2.12. The van der Waals surface area contributed by atoms with Crippen LogP contribution in [0.3, 0.4) is 0 Å². The molecule has 0 atom stereocenters. The molecular formula is C16H16ClN3OS. The molecule has 4 nitrogen and oxygen atoms in total. The molecule has 0 saturated heterocycles. The van der Waals surface area contributed by atoms with Gasteiger partial charge in [-0.25, -0.2) is 9.97 Å². The molecule has 22 heavy (non-hydrogen) atoms. The molecule has 0 spiro atoms. The first-order valence-electron chi connectivity index (χ1n) is 7.12. The number of thiophene rings is 1. The molecule has 2 aromatic heterocycles. The summed E-state index contributed by atoms with van der Waals surface area (Å²) >= 11 is 1.80. The van der Waals surface area contributed by atoms with Gasteiger partial charge in [-0.15, -0.1) is 23.7 Å². The summed E-state index contributed by atoms with van der Waals surface area (Å²) in [5, 5.41) is 13.9. The Balaban J connectivity index is 0.00000144. The fraction of sp³-hybridized carbons (Fsp3) is 0.250. The van der Waals surface area contributed by atoms with Crippen molar-refractivity contribution in [1.29, 1.82) is 0 Å². The number of aromatic hydroxyl groups is 1. The molecule has 0 radical (unpaired) electrons. The number of hydrogen-bond donors (Lipinski definition) is 2. The fourth-order valence-corrected chi connectivity index (χ4v) is 4.10. The smallest absolute Gasteiger partial charge is 0.142 e. The van der Waals surface area contributed by atoms with Crippen LogP contribution in [0.25, 0.3) is 10.2 Å². The minimum absolute atomic E-state index is 0. The quantitative estimate of drug-likeness (QED) is 0.681. The maximum Gasteiger partial charge on any atom is 0.142 e. The normalized spacial score (nSPS) is 13.5. The van der Waals surface area contributed by atoms with Crippen molar-refractivity contribution in [2.45, 2.75) is 25.7 Å². The molecule has 1 aliphatic rings. The van der Waals surface area contributed by atoms with E-state index >= 15 is 0 Å². The predicted octanol–water partition coefficient (Wildman–Crippen LogP) is 4.44. The average Bonchev–Trinajstić information content (AvgIpc) is 2.89. The van der Waals surface area contributed by atoms with Gasteiger partial charge < -0.3 is 10.4 Å². The van der Waals surface area contributed by atoms with Crippen LogP contribution in [0.4, 0.5) is 11.5 Å².